The molecule has 0 aliphatic heterocycles. The molecule has 0 saturated carbocycles. The third kappa shape index (κ3) is 4.79. The highest BCUT2D eigenvalue weighted by Gasteiger charge is 2.14. The minimum Gasteiger partial charge on any atom is -0.333 e. The van der Waals surface area contributed by atoms with Gasteiger partial charge in [0.1, 0.15) is 9.84 Å². The van der Waals surface area contributed by atoms with Crippen LogP contribution >= 0.6 is 0 Å². The van der Waals surface area contributed by atoms with E-state index in [4.69, 9.17) is 0 Å². The van der Waals surface area contributed by atoms with Crippen LogP contribution in [-0.2, 0) is 29.2 Å². The molecule has 0 aliphatic carbocycles. The van der Waals surface area contributed by atoms with Crippen LogP contribution in [0.4, 0.5) is 0 Å². The van der Waals surface area contributed by atoms with Gasteiger partial charge in [0.05, 0.1) is 17.8 Å². The van der Waals surface area contributed by atoms with Crippen LogP contribution in [0.1, 0.15) is 11.3 Å². The predicted molar refractivity (Wildman–Crippen MR) is 101 cm³/mol. The highest BCUT2D eigenvalue weighted by Crippen LogP contribution is 2.23. The van der Waals surface area contributed by atoms with Gasteiger partial charge in [0, 0.05) is 24.1 Å². The summed E-state index contributed by atoms with van der Waals surface area (Å²) in [5, 5.41) is 0. The van der Waals surface area contributed by atoms with Crippen molar-refractivity contribution in [1.29, 1.82) is 0 Å². The van der Waals surface area contributed by atoms with Crippen LogP contribution in [0.25, 0.3) is 11.3 Å². The van der Waals surface area contributed by atoms with Crippen LogP contribution in [-0.4, -0.2) is 30.0 Å². The fraction of sp³-hybridized carbons (Fsp3) is 0.250. The standard InChI is InChI=1S/C20H22N2O2S/c1-25(23,24)15-14-22-16-21-20(18-10-6-3-7-11-18)19(22)13-12-17-8-4-2-5-9-17/h2-11,16H,12-15H2,1H3. The van der Waals surface area contributed by atoms with Crippen LogP contribution in [0.15, 0.2) is 67.0 Å². The van der Waals surface area contributed by atoms with E-state index in [0.717, 1.165) is 29.8 Å². The molecule has 1 aromatic heterocycles. The minimum atomic E-state index is -3.01. The highest BCUT2D eigenvalue weighted by atomic mass is 32.2. The first kappa shape index (κ1) is 17.4. The van der Waals surface area contributed by atoms with E-state index < -0.39 is 9.84 Å². The molecule has 0 N–H and O–H groups in total. The summed E-state index contributed by atoms with van der Waals surface area (Å²) < 4.78 is 25.1. The van der Waals surface area contributed by atoms with Gasteiger partial charge in [-0.05, 0) is 18.4 Å². The Bertz CT molecular complexity index is 917. The summed E-state index contributed by atoms with van der Waals surface area (Å²) in [6.07, 6.45) is 4.74. The maximum atomic E-state index is 11.5. The molecule has 0 radical (unpaired) electrons. The van der Waals surface area contributed by atoms with Crippen LogP contribution in [0.2, 0.25) is 0 Å². The third-order valence-electron chi connectivity index (χ3n) is 4.19. The van der Waals surface area contributed by atoms with E-state index >= 15 is 0 Å². The van der Waals surface area contributed by atoms with Gasteiger partial charge in [0.15, 0.2) is 0 Å². The number of benzene rings is 2. The maximum Gasteiger partial charge on any atom is 0.149 e. The fourth-order valence-corrected chi connectivity index (χ4v) is 3.40. The molecular formula is C20H22N2O2S. The number of aromatic nitrogens is 2. The molecule has 2 aromatic carbocycles. The summed E-state index contributed by atoms with van der Waals surface area (Å²) in [6.45, 7) is 0.433. The summed E-state index contributed by atoms with van der Waals surface area (Å²) in [6, 6.07) is 20.3. The molecule has 5 heteroatoms. The number of hydrogen-bond acceptors (Lipinski definition) is 3. The van der Waals surface area contributed by atoms with Gasteiger partial charge < -0.3 is 4.57 Å². The first-order valence-corrected chi connectivity index (χ1v) is 10.4. The van der Waals surface area contributed by atoms with Crippen molar-refractivity contribution in [3.63, 3.8) is 0 Å². The van der Waals surface area contributed by atoms with Crippen LogP contribution in [0.3, 0.4) is 0 Å². The molecule has 3 aromatic rings. The first-order valence-electron chi connectivity index (χ1n) is 8.34. The Morgan fingerprint density at radius 2 is 1.56 bits per heavy atom. The summed E-state index contributed by atoms with van der Waals surface area (Å²) in [5.41, 5.74) is 4.34. The summed E-state index contributed by atoms with van der Waals surface area (Å²) in [7, 11) is -3.01. The Morgan fingerprint density at radius 3 is 2.20 bits per heavy atom. The third-order valence-corrected chi connectivity index (χ3v) is 5.11. The smallest absolute Gasteiger partial charge is 0.149 e. The van der Waals surface area contributed by atoms with E-state index in [1.54, 1.807) is 6.33 Å². The molecule has 1 heterocycles. The molecule has 4 nitrogen and oxygen atoms in total. The molecule has 0 bridgehead atoms. The second-order valence-corrected chi connectivity index (χ2v) is 8.47. The minimum absolute atomic E-state index is 0.121. The van der Waals surface area contributed by atoms with Gasteiger partial charge in [-0.15, -0.1) is 0 Å². The monoisotopic (exact) mass is 354 g/mol. The molecule has 0 aliphatic rings. The van der Waals surface area contributed by atoms with Crippen LogP contribution in [0, 0.1) is 0 Å². The number of hydrogen-bond donors (Lipinski definition) is 0. The van der Waals surface area contributed by atoms with Gasteiger partial charge in [-0.25, -0.2) is 13.4 Å². The zero-order chi connectivity index (χ0) is 17.7. The number of nitrogens with zero attached hydrogens (tertiary/aromatic N) is 2. The molecule has 0 fully saturated rings. The van der Waals surface area contributed by atoms with E-state index in [0.29, 0.717) is 6.54 Å². The van der Waals surface area contributed by atoms with Crippen molar-refractivity contribution < 1.29 is 8.42 Å². The van der Waals surface area contributed by atoms with Crippen molar-refractivity contribution in [3.8, 4) is 11.3 Å². The molecular weight excluding hydrogens is 332 g/mol. The number of aryl methyl sites for hydroxylation is 2. The van der Waals surface area contributed by atoms with Gasteiger partial charge in [-0.1, -0.05) is 60.7 Å². The first-order chi connectivity index (χ1) is 12.0. The predicted octanol–water partition coefficient (Wildman–Crippen LogP) is 3.38. The molecule has 0 unspecified atom stereocenters. The lowest BCUT2D eigenvalue weighted by atomic mass is 10.0. The molecule has 0 atom stereocenters. The Labute approximate surface area is 149 Å². The Balaban J connectivity index is 1.89. The quantitative estimate of drug-likeness (QED) is 0.653. The average Bonchev–Trinajstić information content (AvgIpc) is 3.02. The largest absolute Gasteiger partial charge is 0.333 e. The molecule has 25 heavy (non-hydrogen) atoms. The van der Waals surface area contributed by atoms with E-state index in [1.807, 2.05) is 53.1 Å². The second-order valence-electron chi connectivity index (χ2n) is 6.21. The average molecular weight is 354 g/mol. The lowest BCUT2D eigenvalue weighted by Crippen LogP contribution is -2.13. The molecule has 0 saturated heterocycles. The van der Waals surface area contributed by atoms with E-state index in [2.05, 4.69) is 17.1 Å². The summed E-state index contributed by atoms with van der Waals surface area (Å²) in [4.78, 5) is 4.57. The number of imidazole rings is 1. The van der Waals surface area contributed by atoms with Gasteiger partial charge in [0.2, 0.25) is 0 Å². The zero-order valence-electron chi connectivity index (χ0n) is 14.3. The van der Waals surface area contributed by atoms with Crippen molar-refractivity contribution >= 4 is 9.84 Å². The van der Waals surface area contributed by atoms with Crippen LogP contribution in [0.5, 0.6) is 0 Å². The Kier molecular flexibility index (Phi) is 5.34. The van der Waals surface area contributed by atoms with Crippen molar-refractivity contribution in [2.75, 3.05) is 12.0 Å². The van der Waals surface area contributed by atoms with Crippen molar-refractivity contribution in [3.05, 3.63) is 78.2 Å². The van der Waals surface area contributed by atoms with E-state index in [-0.39, 0.29) is 5.75 Å². The van der Waals surface area contributed by atoms with Gasteiger partial charge >= 0.3 is 0 Å². The summed E-state index contributed by atoms with van der Waals surface area (Å²) in [5.74, 6) is 0.121. The van der Waals surface area contributed by atoms with Gasteiger partial charge in [-0.3, -0.25) is 0 Å². The molecule has 0 amide bonds. The Hall–Kier alpha value is -2.40. The normalized spacial score (nSPS) is 11.6. The van der Waals surface area contributed by atoms with Crippen molar-refractivity contribution in [2.24, 2.45) is 0 Å². The van der Waals surface area contributed by atoms with Crippen molar-refractivity contribution in [1.82, 2.24) is 9.55 Å². The van der Waals surface area contributed by atoms with E-state index in [1.165, 1.54) is 11.8 Å². The number of sulfone groups is 1. The summed E-state index contributed by atoms with van der Waals surface area (Å²) >= 11 is 0. The lowest BCUT2D eigenvalue weighted by molar-refractivity contribution is 0.592. The van der Waals surface area contributed by atoms with Crippen LogP contribution < -0.4 is 0 Å². The Morgan fingerprint density at radius 1 is 0.920 bits per heavy atom. The zero-order valence-corrected chi connectivity index (χ0v) is 15.1. The lowest BCUT2D eigenvalue weighted by Gasteiger charge is -2.10. The molecule has 3 rings (SSSR count). The number of rotatable bonds is 7. The fourth-order valence-electron chi connectivity index (χ4n) is 2.87. The topological polar surface area (TPSA) is 52.0 Å². The SMILES string of the molecule is CS(=O)(=O)CCn1cnc(-c2ccccc2)c1CCc1ccccc1. The van der Waals surface area contributed by atoms with E-state index in [9.17, 15) is 8.42 Å². The molecule has 0 spiro atoms. The van der Waals surface area contributed by atoms with Gasteiger partial charge in [0.25, 0.3) is 0 Å². The highest BCUT2D eigenvalue weighted by molar-refractivity contribution is 7.90. The van der Waals surface area contributed by atoms with Gasteiger partial charge in [-0.2, -0.15) is 0 Å². The van der Waals surface area contributed by atoms with Crippen molar-refractivity contribution in [2.45, 2.75) is 19.4 Å². The maximum absolute atomic E-state index is 11.5. The molecule has 130 valence electrons. The second kappa shape index (κ2) is 7.66.